The summed E-state index contributed by atoms with van der Waals surface area (Å²) in [6.45, 7) is 2.46. The number of carbonyl (C=O) groups excluding carboxylic acids is 2. The molecule has 0 atom stereocenters. The van der Waals surface area contributed by atoms with Crippen LogP contribution in [-0.2, 0) is 15.7 Å². The average Bonchev–Trinajstić information content (AvgIpc) is 2.38. The Bertz CT molecular complexity index is 481. The Hall–Kier alpha value is -1.69. The van der Waals surface area contributed by atoms with E-state index in [1.54, 1.807) is 6.92 Å². The van der Waals surface area contributed by atoms with Crippen molar-refractivity contribution in [2.75, 3.05) is 13.2 Å². The molecule has 0 N–H and O–H groups in total. The van der Waals surface area contributed by atoms with Gasteiger partial charge in [-0.25, -0.2) is 0 Å². The van der Waals surface area contributed by atoms with Crippen molar-refractivity contribution in [2.45, 2.75) is 25.9 Å². The lowest BCUT2D eigenvalue weighted by Gasteiger charge is -2.08. The first-order valence-electron chi connectivity index (χ1n) is 6.14. The van der Waals surface area contributed by atoms with E-state index in [1.807, 2.05) is 0 Å². The Morgan fingerprint density at radius 1 is 1.25 bits per heavy atom. The molecule has 20 heavy (non-hydrogen) atoms. The number of carbonyl (C=O) groups is 2. The average molecular weight is 288 g/mol. The summed E-state index contributed by atoms with van der Waals surface area (Å²) in [5.41, 5.74) is -1.00. The molecule has 1 aromatic carbocycles. The molecule has 0 spiro atoms. The second-order valence-corrected chi connectivity index (χ2v) is 4.16. The summed E-state index contributed by atoms with van der Waals surface area (Å²) in [6.07, 6.45) is -4.83. The minimum Gasteiger partial charge on any atom is -0.381 e. The van der Waals surface area contributed by atoms with Crippen LogP contribution < -0.4 is 0 Å². The SMILES string of the molecule is CCOCCC(=O)CC(=O)c1cccc(C(F)(F)F)c1. The van der Waals surface area contributed by atoms with Crippen LogP contribution in [0, 0.1) is 0 Å². The van der Waals surface area contributed by atoms with E-state index in [1.165, 1.54) is 6.07 Å². The van der Waals surface area contributed by atoms with Crippen LogP contribution in [0.15, 0.2) is 24.3 Å². The number of ether oxygens (including phenoxy) is 1. The van der Waals surface area contributed by atoms with Gasteiger partial charge in [-0.2, -0.15) is 13.2 Å². The number of rotatable bonds is 7. The van der Waals surface area contributed by atoms with E-state index in [4.69, 9.17) is 4.74 Å². The first-order chi connectivity index (χ1) is 9.34. The highest BCUT2D eigenvalue weighted by Gasteiger charge is 2.30. The van der Waals surface area contributed by atoms with E-state index in [0.29, 0.717) is 6.61 Å². The van der Waals surface area contributed by atoms with E-state index in [-0.39, 0.29) is 24.4 Å². The molecular weight excluding hydrogens is 273 g/mol. The maximum absolute atomic E-state index is 12.5. The maximum atomic E-state index is 12.5. The van der Waals surface area contributed by atoms with Gasteiger partial charge in [-0.05, 0) is 19.1 Å². The standard InChI is InChI=1S/C14H15F3O3/c1-2-20-7-6-12(18)9-13(19)10-4-3-5-11(8-10)14(15,16)17/h3-5,8H,2,6-7,9H2,1H3. The van der Waals surface area contributed by atoms with Gasteiger partial charge in [-0.15, -0.1) is 0 Å². The molecule has 0 aliphatic carbocycles. The lowest BCUT2D eigenvalue weighted by atomic mass is 10.0. The number of alkyl halides is 3. The quantitative estimate of drug-likeness (QED) is 0.439. The summed E-state index contributed by atoms with van der Waals surface area (Å²) < 4.78 is 42.5. The highest BCUT2D eigenvalue weighted by Crippen LogP contribution is 2.29. The third-order valence-corrected chi connectivity index (χ3v) is 2.60. The largest absolute Gasteiger partial charge is 0.416 e. The van der Waals surface area contributed by atoms with Gasteiger partial charge in [0.2, 0.25) is 0 Å². The van der Waals surface area contributed by atoms with E-state index in [2.05, 4.69) is 0 Å². The van der Waals surface area contributed by atoms with Gasteiger partial charge < -0.3 is 4.74 Å². The molecule has 0 fully saturated rings. The molecule has 0 unspecified atom stereocenters. The van der Waals surface area contributed by atoms with Gasteiger partial charge in [0, 0.05) is 18.6 Å². The minimum atomic E-state index is -4.50. The van der Waals surface area contributed by atoms with Crippen LogP contribution in [-0.4, -0.2) is 24.8 Å². The summed E-state index contributed by atoms with van der Waals surface area (Å²) >= 11 is 0. The molecular formula is C14H15F3O3. The second kappa shape index (κ2) is 7.19. The van der Waals surface area contributed by atoms with Crippen LogP contribution in [0.1, 0.15) is 35.7 Å². The van der Waals surface area contributed by atoms with Gasteiger partial charge in [0.1, 0.15) is 5.78 Å². The monoisotopic (exact) mass is 288 g/mol. The highest BCUT2D eigenvalue weighted by atomic mass is 19.4. The van der Waals surface area contributed by atoms with Crippen LogP contribution in [0.25, 0.3) is 0 Å². The smallest absolute Gasteiger partial charge is 0.381 e. The molecule has 1 rings (SSSR count). The summed E-state index contributed by atoms with van der Waals surface area (Å²) in [5.74, 6) is -0.960. The van der Waals surface area contributed by atoms with Gasteiger partial charge in [0.15, 0.2) is 5.78 Å². The van der Waals surface area contributed by atoms with Crippen molar-refractivity contribution in [3.63, 3.8) is 0 Å². The van der Waals surface area contributed by atoms with Crippen molar-refractivity contribution in [2.24, 2.45) is 0 Å². The molecule has 0 bridgehead atoms. The molecule has 0 amide bonds. The zero-order chi connectivity index (χ0) is 15.2. The number of Topliss-reactive ketones (excluding diaryl/α,β-unsaturated/α-hetero) is 2. The first-order valence-corrected chi connectivity index (χ1v) is 6.14. The Kier molecular flexibility index (Phi) is 5.88. The highest BCUT2D eigenvalue weighted by molar-refractivity contribution is 6.08. The molecule has 1 aromatic rings. The molecule has 0 saturated carbocycles. The molecule has 110 valence electrons. The lowest BCUT2D eigenvalue weighted by molar-refractivity contribution is -0.137. The van der Waals surface area contributed by atoms with E-state index in [0.717, 1.165) is 18.2 Å². The fourth-order valence-corrected chi connectivity index (χ4v) is 1.57. The minimum absolute atomic E-state index is 0.0819. The van der Waals surface area contributed by atoms with Crippen molar-refractivity contribution in [3.8, 4) is 0 Å². The van der Waals surface area contributed by atoms with Crippen LogP contribution in [0.3, 0.4) is 0 Å². The van der Waals surface area contributed by atoms with Crippen molar-refractivity contribution in [1.29, 1.82) is 0 Å². The lowest BCUT2D eigenvalue weighted by Crippen LogP contribution is -2.12. The Balaban J connectivity index is 2.66. The molecule has 0 radical (unpaired) electrons. The van der Waals surface area contributed by atoms with E-state index in [9.17, 15) is 22.8 Å². The predicted octanol–water partition coefficient (Wildman–Crippen LogP) is 3.27. The van der Waals surface area contributed by atoms with Gasteiger partial charge >= 0.3 is 6.18 Å². The van der Waals surface area contributed by atoms with Gasteiger partial charge in [-0.3, -0.25) is 9.59 Å². The maximum Gasteiger partial charge on any atom is 0.416 e. The zero-order valence-corrected chi connectivity index (χ0v) is 11.0. The second-order valence-electron chi connectivity index (χ2n) is 4.16. The summed E-state index contributed by atoms with van der Waals surface area (Å²) in [5, 5.41) is 0. The normalized spacial score (nSPS) is 11.4. The van der Waals surface area contributed by atoms with Gasteiger partial charge in [0.25, 0.3) is 0 Å². The Labute approximate surface area is 114 Å². The van der Waals surface area contributed by atoms with Crippen molar-refractivity contribution in [3.05, 3.63) is 35.4 Å². The fraction of sp³-hybridized carbons (Fsp3) is 0.429. The van der Waals surface area contributed by atoms with Crippen molar-refractivity contribution < 1.29 is 27.5 Å². The fourth-order valence-electron chi connectivity index (χ4n) is 1.57. The predicted molar refractivity (Wildman–Crippen MR) is 66.5 cm³/mol. The van der Waals surface area contributed by atoms with Crippen LogP contribution in [0.2, 0.25) is 0 Å². The van der Waals surface area contributed by atoms with Gasteiger partial charge in [0.05, 0.1) is 18.6 Å². The third kappa shape index (κ3) is 5.13. The summed E-state index contributed by atoms with van der Waals surface area (Å²) in [6, 6.07) is 4.07. The molecule has 0 aliphatic heterocycles. The molecule has 0 heterocycles. The topological polar surface area (TPSA) is 43.4 Å². The number of benzene rings is 1. The molecule has 0 aliphatic rings. The number of hydrogen-bond acceptors (Lipinski definition) is 3. The molecule has 6 heteroatoms. The molecule has 0 aromatic heterocycles. The Morgan fingerprint density at radius 2 is 1.95 bits per heavy atom. The summed E-state index contributed by atoms with van der Waals surface area (Å²) in [7, 11) is 0. The van der Waals surface area contributed by atoms with Crippen molar-refractivity contribution in [1.82, 2.24) is 0 Å². The summed E-state index contributed by atoms with van der Waals surface area (Å²) in [4.78, 5) is 23.2. The zero-order valence-electron chi connectivity index (χ0n) is 11.0. The third-order valence-electron chi connectivity index (χ3n) is 2.60. The van der Waals surface area contributed by atoms with E-state index < -0.39 is 23.9 Å². The molecule has 3 nitrogen and oxygen atoms in total. The Morgan fingerprint density at radius 3 is 2.55 bits per heavy atom. The molecule has 0 saturated heterocycles. The number of hydrogen-bond donors (Lipinski definition) is 0. The number of ketones is 2. The van der Waals surface area contributed by atoms with Gasteiger partial charge in [-0.1, -0.05) is 12.1 Å². The van der Waals surface area contributed by atoms with Crippen LogP contribution in [0.5, 0.6) is 0 Å². The van der Waals surface area contributed by atoms with E-state index >= 15 is 0 Å². The number of halogens is 3. The van der Waals surface area contributed by atoms with Crippen LogP contribution in [0.4, 0.5) is 13.2 Å². The van der Waals surface area contributed by atoms with Crippen LogP contribution >= 0.6 is 0 Å². The van der Waals surface area contributed by atoms with Crippen molar-refractivity contribution >= 4 is 11.6 Å². The first kappa shape index (κ1) is 16.4.